The molecule has 0 spiro atoms. The number of fused-ring (bicyclic) bond motifs is 4. The van der Waals surface area contributed by atoms with Crippen LogP contribution in [0.1, 0.15) is 13.8 Å². The molecular weight excluding hydrogens is 653 g/mol. The normalized spacial score (nSPS) is 11.6. The van der Waals surface area contributed by atoms with Gasteiger partial charge in [-0.05, 0) is 49.7 Å². The number of aliphatic hydroxyl groups is 1. The summed E-state index contributed by atoms with van der Waals surface area (Å²) in [4.78, 5) is 14.8. The Morgan fingerprint density at radius 2 is 1.66 bits per heavy atom. The van der Waals surface area contributed by atoms with Crippen molar-refractivity contribution in [2.24, 2.45) is 0 Å². The predicted molar refractivity (Wildman–Crippen MR) is 149 cm³/mol. The molecule has 6 heteroatoms. The van der Waals surface area contributed by atoms with E-state index in [0.717, 1.165) is 54.9 Å². The van der Waals surface area contributed by atoms with Crippen molar-refractivity contribution in [2.75, 3.05) is 0 Å². The number of benzene rings is 4. The molecule has 0 saturated carbocycles. The van der Waals surface area contributed by atoms with Crippen LogP contribution in [0.4, 0.5) is 0 Å². The SMILES string of the molecule is CC(=O)/C=C(/C)O.[Ir].[c-]1cc2ccccc2c2c1c1nccc3oc4cccc(c4c31)n2-c1ccccc1. The van der Waals surface area contributed by atoms with Crippen LogP contribution in [0.2, 0.25) is 0 Å². The summed E-state index contributed by atoms with van der Waals surface area (Å²) in [5.41, 5.74) is 5.92. The van der Waals surface area contributed by atoms with Crippen LogP contribution < -0.4 is 0 Å². The molecule has 0 unspecified atom stereocenters. The molecular formula is C32H23IrN2O3-. The van der Waals surface area contributed by atoms with E-state index < -0.39 is 0 Å². The van der Waals surface area contributed by atoms with E-state index in [1.807, 2.05) is 24.4 Å². The smallest absolute Gasteiger partial charge is 0.155 e. The van der Waals surface area contributed by atoms with Gasteiger partial charge in [0.25, 0.3) is 0 Å². The molecule has 0 fully saturated rings. The van der Waals surface area contributed by atoms with Crippen LogP contribution in [0.15, 0.2) is 107 Å². The summed E-state index contributed by atoms with van der Waals surface area (Å²) >= 11 is 0. The molecule has 7 aromatic rings. The first-order valence-electron chi connectivity index (χ1n) is 12.0. The molecule has 1 radical (unpaired) electrons. The second-order valence-electron chi connectivity index (χ2n) is 8.95. The molecule has 0 aliphatic heterocycles. The number of hydrogen-bond donors (Lipinski definition) is 1. The van der Waals surface area contributed by atoms with Crippen LogP contribution in [-0.4, -0.2) is 20.4 Å². The Morgan fingerprint density at radius 3 is 2.39 bits per heavy atom. The minimum atomic E-state index is -0.125. The predicted octanol–water partition coefficient (Wildman–Crippen LogP) is 8.07. The third-order valence-corrected chi connectivity index (χ3v) is 6.34. The second kappa shape index (κ2) is 10.3. The van der Waals surface area contributed by atoms with Gasteiger partial charge in [0.2, 0.25) is 0 Å². The van der Waals surface area contributed by atoms with Crippen molar-refractivity contribution in [3.05, 3.63) is 109 Å². The molecule has 189 valence electrons. The van der Waals surface area contributed by atoms with Crippen LogP contribution >= 0.6 is 0 Å². The van der Waals surface area contributed by atoms with Crippen LogP contribution in [0.25, 0.3) is 60.3 Å². The Balaban J connectivity index is 0.000000329. The Morgan fingerprint density at radius 1 is 0.921 bits per heavy atom. The molecule has 1 N–H and O–H groups in total. The largest absolute Gasteiger partial charge is 0.512 e. The van der Waals surface area contributed by atoms with Gasteiger partial charge in [0, 0.05) is 59.9 Å². The summed E-state index contributed by atoms with van der Waals surface area (Å²) < 4.78 is 8.54. The topological polar surface area (TPSA) is 68.3 Å². The molecule has 38 heavy (non-hydrogen) atoms. The minimum Gasteiger partial charge on any atom is -0.512 e. The van der Waals surface area contributed by atoms with Crippen LogP contribution in [0, 0.1) is 6.07 Å². The van der Waals surface area contributed by atoms with Gasteiger partial charge >= 0.3 is 0 Å². The van der Waals surface area contributed by atoms with Crippen molar-refractivity contribution in [1.82, 2.24) is 9.55 Å². The standard InChI is InChI=1S/C27H15N2O.C5H8O2.Ir/c1-2-8-18(9-3-1)29-21-11-6-12-22-24(21)25-23(30-22)15-16-28-26(25)20-14-13-17-7-4-5-10-19(17)27(20)29;1-4(6)3-5(2)7;/h1-13,15-16H;3,6H,1-2H3;/q-1;;/b;4-3-;. The first-order valence-corrected chi connectivity index (χ1v) is 12.0. The van der Waals surface area contributed by atoms with Gasteiger partial charge in [0.05, 0.1) is 5.76 Å². The number of para-hydroxylation sites is 1. The minimum absolute atomic E-state index is 0. The number of rotatable bonds is 2. The number of pyridine rings is 1. The first kappa shape index (κ1) is 25.4. The molecule has 3 aromatic heterocycles. The maximum Gasteiger partial charge on any atom is 0.155 e. The fourth-order valence-electron chi connectivity index (χ4n) is 4.99. The third-order valence-electron chi connectivity index (χ3n) is 6.34. The van der Waals surface area contributed by atoms with Crippen LogP contribution in [-0.2, 0) is 24.9 Å². The van der Waals surface area contributed by atoms with E-state index in [-0.39, 0.29) is 31.6 Å². The molecule has 3 heterocycles. The van der Waals surface area contributed by atoms with Crippen LogP contribution in [0.5, 0.6) is 0 Å². The van der Waals surface area contributed by atoms with E-state index in [1.165, 1.54) is 25.3 Å². The molecule has 0 bridgehead atoms. The Labute approximate surface area is 232 Å². The fraction of sp³-hybridized carbons (Fsp3) is 0.0625. The molecule has 0 saturated heterocycles. The maximum absolute atomic E-state index is 10.0. The number of furan rings is 1. The molecule has 5 nitrogen and oxygen atoms in total. The number of carbonyl (C=O) groups is 1. The zero-order valence-electron chi connectivity index (χ0n) is 20.7. The summed E-state index contributed by atoms with van der Waals surface area (Å²) in [5, 5.41) is 13.8. The van der Waals surface area contributed by atoms with E-state index in [4.69, 9.17) is 14.5 Å². The first-order chi connectivity index (χ1) is 18.0. The van der Waals surface area contributed by atoms with Crippen molar-refractivity contribution < 1.29 is 34.4 Å². The van der Waals surface area contributed by atoms with Gasteiger partial charge in [-0.2, -0.15) is 0 Å². The van der Waals surface area contributed by atoms with Crippen molar-refractivity contribution in [1.29, 1.82) is 0 Å². The molecule has 0 aliphatic rings. The zero-order chi connectivity index (χ0) is 25.5. The van der Waals surface area contributed by atoms with E-state index in [2.05, 4.69) is 77.4 Å². The Kier molecular flexibility index (Phi) is 6.85. The number of ketones is 1. The number of aliphatic hydroxyl groups excluding tert-OH is 1. The van der Waals surface area contributed by atoms with Gasteiger partial charge in [-0.3, -0.25) is 4.79 Å². The van der Waals surface area contributed by atoms with Gasteiger partial charge < -0.3 is 19.1 Å². The summed E-state index contributed by atoms with van der Waals surface area (Å²) in [5.74, 6) is -0.0625. The van der Waals surface area contributed by atoms with E-state index >= 15 is 0 Å². The van der Waals surface area contributed by atoms with Crippen LogP contribution in [0.3, 0.4) is 0 Å². The van der Waals surface area contributed by atoms with E-state index in [9.17, 15) is 4.79 Å². The summed E-state index contributed by atoms with van der Waals surface area (Å²) in [7, 11) is 0. The molecule has 0 aliphatic carbocycles. The number of allylic oxidation sites excluding steroid dienone is 2. The van der Waals surface area contributed by atoms with Gasteiger partial charge in [-0.25, -0.2) is 0 Å². The number of nitrogens with zero attached hydrogens (tertiary/aromatic N) is 2. The van der Waals surface area contributed by atoms with Crippen molar-refractivity contribution in [2.45, 2.75) is 13.8 Å². The van der Waals surface area contributed by atoms with Gasteiger partial charge in [0.15, 0.2) is 5.78 Å². The summed E-state index contributed by atoms with van der Waals surface area (Å²) in [6, 6.07) is 32.8. The van der Waals surface area contributed by atoms with Crippen molar-refractivity contribution in [3.8, 4) is 5.69 Å². The number of carbonyl (C=O) groups excluding carboxylic acids is 1. The quantitative estimate of drug-likeness (QED) is 0.114. The number of aromatic nitrogens is 2. The monoisotopic (exact) mass is 676 g/mol. The summed E-state index contributed by atoms with van der Waals surface area (Å²) in [6.07, 6.45) is 2.99. The van der Waals surface area contributed by atoms with Gasteiger partial charge in [-0.15, -0.1) is 17.5 Å². The Bertz CT molecular complexity index is 1980. The number of hydrogen-bond acceptors (Lipinski definition) is 4. The molecule has 0 atom stereocenters. The van der Waals surface area contributed by atoms with Crippen molar-refractivity contribution in [3.63, 3.8) is 0 Å². The second-order valence-corrected chi connectivity index (χ2v) is 8.95. The van der Waals surface area contributed by atoms with E-state index in [1.54, 1.807) is 0 Å². The van der Waals surface area contributed by atoms with Gasteiger partial charge in [-0.1, -0.05) is 59.3 Å². The molecule has 7 rings (SSSR count). The Hall–Kier alpha value is -4.25. The van der Waals surface area contributed by atoms with E-state index in [0.29, 0.717) is 0 Å². The summed E-state index contributed by atoms with van der Waals surface area (Å²) in [6.45, 7) is 2.85. The van der Waals surface area contributed by atoms with Crippen molar-refractivity contribution >= 4 is 60.4 Å². The average Bonchev–Trinajstić information content (AvgIpc) is 3.22. The maximum atomic E-state index is 10.0. The molecule has 4 aromatic carbocycles. The average molecular weight is 676 g/mol. The zero-order valence-corrected chi connectivity index (χ0v) is 23.1. The third kappa shape index (κ3) is 4.28. The fourth-order valence-corrected chi connectivity index (χ4v) is 4.99. The molecule has 0 amide bonds. The van der Waals surface area contributed by atoms with Gasteiger partial charge in [0.1, 0.15) is 11.2 Å².